The highest BCUT2D eigenvalue weighted by Gasteiger charge is 2.39. The molecule has 35 heavy (non-hydrogen) atoms. The van der Waals surface area contributed by atoms with Gasteiger partial charge in [-0.15, -0.1) is 22.7 Å². The molecule has 0 aliphatic carbocycles. The van der Waals surface area contributed by atoms with Crippen molar-refractivity contribution in [3.05, 3.63) is 63.5 Å². The van der Waals surface area contributed by atoms with E-state index < -0.39 is 6.04 Å². The largest absolute Gasteiger partial charge is 0.322 e. The topological polar surface area (TPSA) is 82.6 Å². The first-order valence-corrected chi connectivity index (χ1v) is 13.7. The molecule has 1 atom stereocenters. The van der Waals surface area contributed by atoms with Crippen molar-refractivity contribution >= 4 is 40.4 Å². The van der Waals surface area contributed by atoms with Crippen molar-refractivity contribution in [3.63, 3.8) is 0 Å². The van der Waals surface area contributed by atoms with Gasteiger partial charge in [-0.3, -0.25) is 24.6 Å². The van der Waals surface area contributed by atoms with Gasteiger partial charge in [-0.25, -0.2) is 4.98 Å². The summed E-state index contributed by atoms with van der Waals surface area (Å²) in [6.07, 6.45) is 4.85. The second kappa shape index (κ2) is 9.29. The van der Waals surface area contributed by atoms with Crippen LogP contribution < -0.4 is 5.32 Å². The van der Waals surface area contributed by atoms with E-state index in [1.165, 1.54) is 15.3 Å². The monoisotopic (exact) mass is 506 g/mol. The number of thiazole rings is 1. The molecule has 3 aromatic rings. The molecule has 5 heterocycles. The molecule has 9 heteroatoms. The highest BCUT2D eigenvalue weighted by Crippen LogP contribution is 2.35. The first-order valence-electron chi connectivity index (χ1n) is 12.0. The van der Waals surface area contributed by atoms with Crippen molar-refractivity contribution in [2.75, 3.05) is 13.1 Å². The number of nitrogens with zero attached hydrogens (tertiary/aromatic N) is 3. The Morgan fingerprint density at radius 1 is 1.09 bits per heavy atom. The Morgan fingerprint density at radius 2 is 1.94 bits per heavy atom. The fraction of sp³-hybridized carbons (Fsp3) is 0.385. The molecule has 0 saturated carbocycles. The molecule has 3 aliphatic rings. The lowest BCUT2D eigenvalue weighted by Gasteiger charge is -2.32. The van der Waals surface area contributed by atoms with Gasteiger partial charge in [-0.2, -0.15) is 0 Å². The molecule has 2 saturated heterocycles. The highest BCUT2D eigenvalue weighted by atomic mass is 32.1. The van der Waals surface area contributed by atoms with Crippen LogP contribution in [0.15, 0.2) is 41.9 Å². The molecular weight excluding hydrogens is 480 g/mol. The molecule has 1 aromatic carbocycles. The van der Waals surface area contributed by atoms with E-state index in [4.69, 9.17) is 0 Å². The maximum Gasteiger partial charge on any atom is 0.255 e. The van der Waals surface area contributed by atoms with Crippen LogP contribution in [-0.4, -0.2) is 51.6 Å². The number of carbonyl (C=O) groups excluding carboxylic acids is 3. The fourth-order valence-electron chi connectivity index (χ4n) is 5.39. The average molecular weight is 507 g/mol. The summed E-state index contributed by atoms with van der Waals surface area (Å²) in [5, 5.41) is 5.55. The van der Waals surface area contributed by atoms with Crippen LogP contribution in [0.2, 0.25) is 0 Å². The molecule has 0 radical (unpaired) electrons. The van der Waals surface area contributed by atoms with Gasteiger partial charge < -0.3 is 4.90 Å². The van der Waals surface area contributed by atoms with E-state index in [1.807, 2.05) is 12.3 Å². The van der Waals surface area contributed by atoms with Crippen LogP contribution in [-0.2, 0) is 22.7 Å². The minimum atomic E-state index is -0.564. The molecule has 3 amide bonds. The van der Waals surface area contributed by atoms with Crippen molar-refractivity contribution in [2.45, 2.75) is 50.7 Å². The number of hydrogen-bond acceptors (Lipinski definition) is 7. The molecular formula is C26H26N4O3S2. The third-order valence-electron chi connectivity index (χ3n) is 7.27. The summed E-state index contributed by atoms with van der Waals surface area (Å²) in [6, 6.07) is 9.79. The van der Waals surface area contributed by atoms with Crippen molar-refractivity contribution in [1.29, 1.82) is 0 Å². The molecule has 1 N–H and O–H groups in total. The minimum Gasteiger partial charge on any atom is -0.322 e. The molecule has 1 unspecified atom stereocenters. The smallest absolute Gasteiger partial charge is 0.255 e. The van der Waals surface area contributed by atoms with Crippen molar-refractivity contribution in [1.82, 2.24) is 20.1 Å². The minimum absolute atomic E-state index is 0.109. The van der Waals surface area contributed by atoms with Gasteiger partial charge in [0.1, 0.15) is 11.0 Å². The van der Waals surface area contributed by atoms with E-state index in [-0.39, 0.29) is 24.1 Å². The zero-order valence-electron chi connectivity index (χ0n) is 19.2. The van der Waals surface area contributed by atoms with Gasteiger partial charge in [-0.1, -0.05) is 18.2 Å². The molecule has 2 fully saturated rings. The van der Waals surface area contributed by atoms with E-state index in [0.717, 1.165) is 43.0 Å². The maximum absolute atomic E-state index is 13.0. The standard InChI is InChI=1S/C26H26N4O3S2/c31-23-6-5-21(24(32)28-23)30-14-18-12-17(3-4-20(18)26(30)33)16-7-9-29(10-8-16)15-19-13-27-25(35-19)22-2-1-11-34-22/h1-4,11-13,16,21H,5-10,14-15H2,(H,28,31,32). The summed E-state index contributed by atoms with van der Waals surface area (Å²) in [5.74, 6) is -0.262. The van der Waals surface area contributed by atoms with Gasteiger partial charge in [0, 0.05) is 36.1 Å². The summed E-state index contributed by atoms with van der Waals surface area (Å²) < 4.78 is 0. The van der Waals surface area contributed by atoms with Gasteiger partial charge in [0.05, 0.1) is 4.88 Å². The fourth-order valence-corrected chi connectivity index (χ4v) is 7.15. The SMILES string of the molecule is O=C1CCC(N2Cc3cc(C4CCN(Cc5cnc(-c6cccs6)s5)CC4)ccc3C2=O)C(=O)N1. The van der Waals surface area contributed by atoms with E-state index in [2.05, 4.69) is 44.8 Å². The van der Waals surface area contributed by atoms with E-state index in [9.17, 15) is 14.4 Å². The first-order chi connectivity index (χ1) is 17.0. The first kappa shape index (κ1) is 22.6. The van der Waals surface area contributed by atoms with Crippen LogP contribution in [0.25, 0.3) is 9.88 Å². The third-order valence-corrected chi connectivity index (χ3v) is 9.29. The zero-order chi connectivity index (χ0) is 23.9. The lowest BCUT2D eigenvalue weighted by molar-refractivity contribution is -0.136. The van der Waals surface area contributed by atoms with Crippen LogP contribution in [0.4, 0.5) is 0 Å². The van der Waals surface area contributed by atoms with Crippen LogP contribution in [0.3, 0.4) is 0 Å². The highest BCUT2D eigenvalue weighted by molar-refractivity contribution is 7.20. The average Bonchev–Trinajstić information content (AvgIpc) is 3.61. The number of rotatable bonds is 5. The van der Waals surface area contributed by atoms with Gasteiger partial charge >= 0.3 is 0 Å². The number of benzene rings is 1. The van der Waals surface area contributed by atoms with Crippen LogP contribution >= 0.6 is 22.7 Å². The predicted octanol–water partition coefficient (Wildman–Crippen LogP) is 4.01. The predicted molar refractivity (Wildman–Crippen MR) is 135 cm³/mol. The summed E-state index contributed by atoms with van der Waals surface area (Å²) in [7, 11) is 0. The Hall–Kier alpha value is -2.88. The Bertz CT molecular complexity index is 1280. The molecule has 7 nitrogen and oxygen atoms in total. The van der Waals surface area contributed by atoms with Gasteiger partial charge in [-0.05, 0) is 66.9 Å². The van der Waals surface area contributed by atoms with Crippen LogP contribution in [0.1, 0.15) is 58.0 Å². The maximum atomic E-state index is 13.0. The molecule has 0 spiro atoms. The number of nitrogens with one attached hydrogen (secondary N) is 1. The Labute approximate surface area is 211 Å². The van der Waals surface area contributed by atoms with Gasteiger partial charge in [0.15, 0.2) is 0 Å². The van der Waals surface area contributed by atoms with Crippen molar-refractivity contribution in [2.24, 2.45) is 0 Å². The molecule has 180 valence electrons. The number of piperidine rings is 2. The number of likely N-dealkylation sites (tertiary alicyclic amines) is 1. The molecule has 6 rings (SSSR count). The van der Waals surface area contributed by atoms with E-state index in [1.54, 1.807) is 27.6 Å². The summed E-state index contributed by atoms with van der Waals surface area (Å²) in [4.78, 5) is 48.0. The zero-order valence-corrected chi connectivity index (χ0v) is 20.9. The van der Waals surface area contributed by atoms with Gasteiger partial charge in [0.2, 0.25) is 11.8 Å². The number of aromatic nitrogens is 1. The van der Waals surface area contributed by atoms with E-state index >= 15 is 0 Å². The number of hydrogen-bond donors (Lipinski definition) is 1. The number of carbonyl (C=O) groups is 3. The normalized spacial score (nSPS) is 21.4. The van der Waals surface area contributed by atoms with Crippen molar-refractivity contribution < 1.29 is 14.4 Å². The Morgan fingerprint density at radius 3 is 2.71 bits per heavy atom. The Kier molecular flexibility index (Phi) is 5.99. The third kappa shape index (κ3) is 4.44. The van der Waals surface area contributed by atoms with E-state index in [0.29, 0.717) is 24.4 Å². The Balaban J connectivity index is 1.08. The van der Waals surface area contributed by atoms with Crippen LogP contribution in [0, 0.1) is 0 Å². The number of thiophene rings is 1. The second-order valence-corrected chi connectivity index (χ2v) is 11.5. The molecule has 2 aromatic heterocycles. The van der Waals surface area contributed by atoms with Crippen molar-refractivity contribution in [3.8, 4) is 9.88 Å². The summed E-state index contributed by atoms with van der Waals surface area (Å²) in [5.41, 5.74) is 2.95. The molecule has 3 aliphatic heterocycles. The lowest BCUT2D eigenvalue weighted by Crippen LogP contribution is -2.52. The lowest BCUT2D eigenvalue weighted by atomic mass is 9.88. The second-order valence-electron chi connectivity index (χ2n) is 9.48. The van der Waals surface area contributed by atoms with Gasteiger partial charge in [0.25, 0.3) is 5.91 Å². The van der Waals surface area contributed by atoms with Crippen LogP contribution in [0.5, 0.6) is 0 Å². The number of amides is 3. The number of imide groups is 1. The quantitative estimate of drug-likeness (QED) is 0.529. The number of fused-ring (bicyclic) bond motifs is 1. The molecule has 0 bridgehead atoms. The summed E-state index contributed by atoms with van der Waals surface area (Å²) >= 11 is 3.51. The summed E-state index contributed by atoms with van der Waals surface area (Å²) in [6.45, 7) is 3.45.